The zero-order valence-corrected chi connectivity index (χ0v) is 15.7. The van der Waals surface area contributed by atoms with Crippen molar-refractivity contribution in [3.8, 4) is 5.75 Å². The lowest BCUT2D eigenvalue weighted by molar-refractivity contribution is -0.118. The lowest BCUT2D eigenvalue weighted by Gasteiger charge is -2.22. The second-order valence-corrected chi connectivity index (χ2v) is 6.47. The molecule has 5 nitrogen and oxygen atoms in total. The first-order chi connectivity index (χ1) is 12.4. The zero-order valence-electron chi connectivity index (χ0n) is 15.7. The number of aryl methyl sites for hydroxylation is 1. The molecule has 138 valence electrons. The van der Waals surface area contributed by atoms with Gasteiger partial charge in [-0.05, 0) is 54.3 Å². The molecule has 2 rings (SSSR count). The van der Waals surface area contributed by atoms with Crippen LogP contribution in [0, 0.1) is 5.92 Å². The number of methoxy groups -OCH3 is 1. The summed E-state index contributed by atoms with van der Waals surface area (Å²) in [5.74, 6) is 0.112. The van der Waals surface area contributed by atoms with Crippen molar-refractivity contribution < 1.29 is 14.3 Å². The Balaban J connectivity index is 2.08. The molecule has 2 aromatic carbocycles. The molecule has 0 bridgehead atoms. The SMILES string of the molecule is CCc1cccc(NC(=O)[C@@H](NC(=O)c2ccc(OC)cc2)C(C)C)c1. The number of rotatable bonds is 7. The number of nitrogens with one attached hydrogen (secondary N) is 2. The van der Waals surface area contributed by atoms with Gasteiger partial charge in [-0.1, -0.05) is 32.9 Å². The van der Waals surface area contributed by atoms with Gasteiger partial charge in [0.25, 0.3) is 5.91 Å². The Hall–Kier alpha value is -2.82. The molecule has 0 aromatic heterocycles. The molecular formula is C21H26N2O3. The van der Waals surface area contributed by atoms with Crippen LogP contribution in [0.4, 0.5) is 5.69 Å². The van der Waals surface area contributed by atoms with Gasteiger partial charge in [-0.25, -0.2) is 0 Å². The van der Waals surface area contributed by atoms with Gasteiger partial charge in [0.05, 0.1) is 7.11 Å². The van der Waals surface area contributed by atoms with E-state index in [1.807, 2.05) is 38.1 Å². The van der Waals surface area contributed by atoms with Crippen molar-refractivity contribution in [2.24, 2.45) is 5.92 Å². The standard InChI is InChI=1S/C21H26N2O3/c1-5-15-7-6-8-17(13-15)22-21(25)19(14(2)3)23-20(24)16-9-11-18(26-4)12-10-16/h6-14,19H,5H2,1-4H3,(H,22,25)(H,23,24)/t19-/m0/s1. The summed E-state index contributed by atoms with van der Waals surface area (Å²) in [6.07, 6.45) is 0.894. The molecule has 0 aliphatic heterocycles. The first-order valence-electron chi connectivity index (χ1n) is 8.79. The summed E-state index contributed by atoms with van der Waals surface area (Å²) in [4.78, 5) is 25.2. The third-order valence-electron chi connectivity index (χ3n) is 4.19. The monoisotopic (exact) mass is 354 g/mol. The van der Waals surface area contributed by atoms with Crippen molar-refractivity contribution in [2.75, 3.05) is 12.4 Å². The molecule has 0 aliphatic rings. The smallest absolute Gasteiger partial charge is 0.251 e. The van der Waals surface area contributed by atoms with E-state index in [1.165, 1.54) is 0 Å². The van der Waals surface area contributed by atoms with Crippen molar-refractivity contribution in [1.29, 1.82) is 0 Å². The van der Waals surface area contributed by atoms with Crippen LogP contribution in [0.1, 0.15) is 36.7 Å². The number of ether oxygens (including phenoxy) is 1. The van der Waals surface area contributed by atoms with Gasteiger partial charge in [-0.3, -0.25) is 9.59 Å². The molecule has 2 aromatic rings. The molecule has 2 N–H and O–H groups in total. The normalized spacial score (nSPS) is 11.7. The summed E-state index contributed by atoms with van der Waals surface area (Å²) in [6.45, 7) is 5.87. The van der Waals surface area contributed by atoms with Crippen LogP contribution < -0.4 is 15.4 Å². The molecule has 0 radical (unpaired) electrons. The van der Waals surface area contributed by atoms with Crippen LogP contribution in [0.2, 0.25) is 0 Å². The first kappa shape index (κ1) is 19.5. The third kappa shape index (κ3) is 5.09. The maximum atomic E-state index is 12.7. The van der Waals surface area contributed by atoms with E-state index in [1.54, 1.807) is 31.4 Å². The lowest BCUT2D eigenvalue weighted by atomic mass is 10.0. The molecule has 5 heteroatoms. The first-order valence-corrected chi connectivity index (χ1v) is 8.79. The summed E-state index contributed by atoms with van der Waals surface area (Å²) in [5, 5.41) is 5.73. The van der Waals surface area contributed by atoms with E-state index in [2.05, 4.69) is 17.6 Å². The van der Waals surface area contributed by atoms with Crippen molar-refractivity contribution >= 4 is 17.5 Å². The minimum Gasteiger partial charge on any atom is -0.497 e. The molecule has 1 atom stereocenters. The molecule has 0 fully saturated rings. The number of hydrogen-bond donors (Lipinski definition) is 2. The van der Waals surface area contributed by atoms with Gasteiger partial charge in [0.2, 0.25) is 5.91 Å². The Morgan fingerprint density at radius 3 is 2.35 bits per heavy atom. The van der Waals surface area contributed by atoms with Gasteiger partial charge >= 0.3 is 0 Å². The summed E-state index contributed by atoms with van der Waals surface area (Å²) in [7, 11) is 1.57. The second-order valence-electron chi connectivity index (χ2n) is 6.47. The predicted octanol–water partition coefficient (Wildman–Crippen LogP) is 3.65. The summed E-state index contributed by atoms with van der Waals surface area (Å²) < 4.78 is 5.10. The molecule has 0 saturated heterocycles. The highest BCUT2D eigenvalue weighted by Crippen LogP contribution is 2.15. The van der Waals surface area contributed by atoms with Crippen LogP contribution in [-0.2, 0) is 11.2 Å². The predicted molar refractivity (Wildman–Crippen MR) is 104 cm³/mol. The molecule has 0 unspecified atom stereocenters. The van der Waals surface area contributed by atoms with E-state index in [9.17, 15) is 9.59 Å². The zero-order chi connectivity index (χ0) is 19.1. The fourth-order valence-electron chi connectivity index (χ4n) is 2.59. The van der Waals surface area contributed by atoms with E-state index in [4.69, 9.17) is 4.74 Å². The lowest BCUT2D eigenvalue weighted by Crippen LogP contribution is -2.47. The Morgan fingerprint density at radius 1 is 1.08 bits per heavy atom. The van der Waals surface area contributed by atoms with Gasteiger partial charge in [-0.2, -0.15) is 0 Å². The van der Waals surface area contributed by atoms with Crippen molar-refractivity contribution in [1.82, 2.24) is 5.32 Å². The van der Waals surface area contributed by atoms with Crippen LogP contribution in [0.3, 0.4) is 0 Å². The number of benzene rings is 2. The Labute approximate surface area is 154 Å². The van der Waals surface area contributed by atoms with Gasteiger partial charge in [0, 0.05) is 11.3 Å². The van der Waals surface area contributed by atoms with E-state index >= 15 is 0 Å². The van der Waals surface area contributed by atoms with Crippen molar-refractivity contribution in [3.63, 3.8) is 0 Å². The Morgan fingerprint density at radius 2 is 1.77 bits per heavy atom. The van der Waals surface area contributed by atoms with Crippen LogP contribution in [0.5, 0.6) is 5.75 Å². The molecular weight excluding hydrogens is 328 g/mol. The number of carbonyl (C=O) groups excluding carboxylic acids is 2. The van der Waals surface area contributed by atoms with Gasteiger partial charge in [0.15, 0.2) is 0 Å². The van der Waals surface area contributed by atoms with Crippen LogP contribution >= 0.6 is 0 Å². The maximum Gasteiger partial charge on any atom is 0.251 e. The Bertz CT molecular complexity index is 754. The minimum atomic E-state index is -0.630. The number of carbonyl (C=O) groups is 2. The van der Waals surface area contributed by atoms with Crippen LogP contribution in [0.25, 0.3) is 0 Å². The Kier molecular flexibility index (Phi) is 6.78. The fraction of sp³-hybridized carbons (Fsp3) is 0.333. The van der Waals surface area contributed by atoms with Crippen LogP contribution in [-0.4, -0.2) is 25.0 Å². The van der Waals surface area contributed by atoms with Gasteiger partial charge in [-0.15, -0.1) is 0 Å². The highest BCUT2D eigenvalue weighted by molar-refractivity contribution is 6.01. The number of hydrogen-bond acceptors (Lipinski definition) is 3. The number of amides is 2. The molecule has 0 saturated carbocycles. The molecule has 0 heterocycles. The average molecular weight is 354 g/mol. The summed E-state index contributed by atoms with van der Waals surface area (Å²) in [5.41, 5.74) is 2.36. The highest BCUT2D eigenvalue weighted by Gasteiger charge is 2.24. The molecule has 2 amide bonds. The quantitative estimate of drug-likeness (QED) is 0.797. The summed E-state index contributed by atoms with van der Waals surface area (Å²) in [6, 6.07) is 13.9. The van der Waals surface area contributed by atoms with E-state index in [-0.39, 0.29) is 17.7 Å². The molecule has 0 aliphatic carbocycles. The second kappa shape index (κ2) is 9.04. The fourth-order valence-corrected chi connectivity index (χ4v) is 2.59. The van der Waals surface area contributed by atoms with Crippen molar-refractivity contribution in [3.05, 3.63) is 59.7 Å². The molecule has 26 heavy (non-hydrogen) atoms. The average Bonchev–Trinajstić information content (AvgIpc) is 2.65. The van der Waals surface area contributed by atoms with E-state index in [0.29, 0.717) is 11.3 Å². The largest absolute Gasteiger partial charge is 0.497 e. The number of anilines is 1. The van der Waals surface area contributed by atoms with Crippen LogP contribution in [0.15, 0.2) is 48.5 Å². The van der Waals surface area contributed by atoms with E-state index < -0.39 is 6.04 Å². The molecule has 0 spiro atoms. The topological polar surface area (TPSA) is 67.4 Å². The highest BCUT2D eigenvalue weighted by atomic mass is 16.5. The third-order valence-corrected chi connectivity index (χ3v) is 4.19. The van der Waals surface area contributed by atoms with Gasteiger partial charge < -0.3 is 15.4 Å². The maximum absolute atomic E-state index is 12.7. The minimum absolute atomic E-state index is 0.0495. The van der Waals surface area contributed by atoms with Crippen molar-refractivity contribution in [2.45, 2.75) is 33.2 Å². The summed E-state index contributed by atoms with van der Waals surface area (Å²) >= 11 is 0. The van der Waals surface area contributed by atoms with Gasteiger partial charge in [0.1, 0.15) is 11.8 Å². The van der Waals surface area contributed by atoms with E-state index in [0.717, 1.165) is 17.7 Å².